The van der Waals surface area contributed by atoms with Gasteiger partial charge >= 0.3 is 11.9 Å². The van der Waals surface area contributed by atoms with Crippen molar-refractivity contribution >= 4 is 46.7 Å². The van der Waals surface area contributed by atoms with E-state index < -0.39 is 30.3 Å². The number of hydrogen-bond acceptors (Lipinski definition) is 5. The third-order valence-corrected chi connectivity index (χ3v) is 6.15. The number of carbonyl (C=O) groups is 3. The number of hydrogen-bond donors (Lipinski definition) is 1. The van der Waals surface area contributed by atoms with Crippen LogP contribution in [-0.2, 0) is 23.9 Å². The first-order valence-electron chi connectivity index (χ1n) is 8.06. The molecule has 0 spiro atoms. The SMILES string of the molecule is O=C(COC(=O)[C@H]1[C@H]2C[C@@H]3[C@@H]1C(=O)O[C@@H]3C2)Nc1cccc(Cl)c1Cl. The average Bonchev–Trinajstić information content (AvgIpc) is 3.19. The molecule has 4 rings (SSSR count). The molecule has 132 valence electrons. The number of esters is 2. The van der Waals surface area contributed by atoms with Crippen LogP contribution in [0.1, 0.15) is 12.8 Å². The number of rotatable bonds is 4. The molecule has 1 aromatic carbocycles. The number of anilines is 1. The van der Waals surface area contributed by atoms with Crippen LogP contribution in [0.15, 0.2) is 18.2 Å². The number of amides is 1. The number of halogens is 2. The minimum atomic E-state index is -0.521. The summed E-state index contributed by atoms with van der Waals surface area (Å²) in [5.41, 5.74) is 0.345. The molecule has 1 saturated heterocycles. The minimum Gasteiger partial charge on any atom is -0.462 e. The van der Waals surface area contributed by atoms with E-state index in [9.17, 15) is 14.4 Å². The Labute approximate surface area is 153 Å². The van der Waals surface area contributed by atoms with Crippen LogP contribution in [0.5, 0.6) is 0 Å². The van der Waals surface area contributed by atoms with Crippen LogP contribution < -0.4 is 5.32 Å². The lowest BCUT2D eigenvalue weighted by molar-refractivity contribution is -0.157. The monoisotopic (exact) mass is 383 g/mol. The summed E-state index contributed by atoms with van der Waals surface area (Å²) in [6.07, 6.45) is 1.47. The lowest BCUT2D eigenvalue weighted by Gasteiger charge is -2.22. The quantitative estimate of drug-likeness (QED) is 0.808. The maximum Gasteiger partial charge on any atom is 0.310 e. The molecule has 6 nitrogen and oxygen atoms in total. The van der Waals surface area contributed by atoms with Gasteiger partial charge in [-0.15, -0.1) is 0 Å². The van der Waals surface area contributed by atoms with Crippen LogP contribution in [0.2, 0.25) is 10.0 Å². The molecule has 0 unspecified atom stereocenters. The van der Waals surface area contributed by atoms with Gasteiger partial charge in [-0.3, -0.25) is 14.4 Å². The first-order chi connectivity index (χ1) is 12.0. The molecule has 3 aliphatic rings. The molecular weight excluding hydrogens is 369 g/mol. The molecule has 2 aliphatic carbocycles. The summed E-state index contributed by atoms with van der Waals surface area (Å²) in [5.74, 6) is -2.04. The molecule has 1 aliphatic heterocycles. The van der Waals surface area contributed by atoms with Crippen molar-refractivity contribution in [1.29, 1.82) is 0 Å². The third kappa shape index (κ3) is 2.77. The average molecular weight is 384 g/mol. The van der Waals surface area contributed by atoms with Crippen molar-refractivity contribution in [2.24, 2.45) is 23.7 Å². The van der Waals surface area contributed by atoms with E-state index in [1.807, 2.05) is 0 Å². The van der Waals surface area contributed by atoms with E-state index in [0.717, 1.165) is 6.42 Å². The number of benzene rings is 1. The Balaban J connectivity index is 1.35. The molecular formula is C17H15Cl2NO5. The molecule has 3 fully saturated rings. The standard InChI is InChI=1S/C17H15Cl2NO5/c18-9-2-1-3-10(15(9)19)20-12(21)6-24-16(22)13-7-4-8-11(5-7)25-17(23)14(8)13/h1-3,7-8,11,13-14H,4-6H2,(H,20,21)/t7-,8-,11+,13-,14-/m0/s1. The zero-order valence-corrected chi connectivity index (χ0v) is 14.5. The van der Waals surface area contributed by atoms with Crippen molar-refractivity contribution in [3.8, 4) is 0 Å². The van der Waals surface area contributed by atoms with Gasteiger partial charge in [0.05, 0.1) is 27.6 Å². The Morgan fingerprint density at radius 2 is 2.08 bits per heavy atom. The Bertz CT molecular complexity index is 765. The van der Waals surface area contributed by atoms with Crippen molar-refractivity contribution in [1.82, 2.24) is 0 Å². The second-order valence-electron chi connectivity index (χ2n) is 6.68. The van der Waals surface area contributed by atoms with E-state index in [4.69, 9.17) is 32.7 Å². The molecule has 1 amide bonds. The molecule has 2 saturated carbocycles. The van der Waals surface area contributed by atoms with Crippen LogP contribution >= 0.6 is 23.2 Å². The highest BCUT2D eigenvalue weighted by Gasteiger charge is 2.64. The minimum absolute atomic E-state index is 0.0418. The summed E-state index contributed by atoms with van der Waals surface area (Å²) >= 11 is 11.9. The summed E-state index contributed by atoms with van der Waals surface area (Å²) in [7, 11) is 0. The summed E-state index contributed by atoms with van der Waals surface area (Å²) in [6, 6.07) is 4.84. The van der Waals surface area contributed by atoms with Gasteiger partial charge in [0.25, 0.3) is 5.91 Å². The van der Waals surface area contributed by atoms with Crippen molar-refractivity contribution in [2.75, 3.05) is 11.9 Å². The zero-order chi connectivity index (χ0) is 17.7. The Kier molecular flexibility index (Phi) is 4.12. The second kappa shape index (κ2) is 6.18. The lowest BCUT2D eigenvalue weighted by Crippen LogP contribution is -2.35. The summed E-state index contributed by atoms with van der Waals surface area (Å²) < 4.78 is 10.4. The molecule has 0 aromatic heterocycles. The van der Waals surface area contributed by atoms with E-state index in [2.05, 4.69) is 5.32 Å². The fourth-order valence-electron chi connectivity index (χ4n) is 4.34. The molecule has 1 N–H and O–H groups in total. The van der Waals surface area contributed by atoms with E-state index in [1.54, 1.807) is 18.2 Å². The number of nitrogens with one attached hydrogen (secondary N) is 1. The Morgan fingerprint density at radius 3 is 2.88 bits per heavy atom. The maximum atomic E-state index is 12.4. The fourth-order valence-corrected chi connectivity index (χ4v) is 4.69. The second-order valence-corrected chi connectivity index (χ2v) is 7.46. The van der Waals surface area contributed by atoms with Gasteiger partial charge < -0.3 is 14.8 Å². The number of ether oxygens (including phenoxy) is 2. The molecule has 5 atom stereocenters. The van der Waals surface area contributed by atoms with Gasteiger partial charge in [-0.1, -0.05) is 29.3 Å². The van der Waals surface area contributed by atoms with Crippen LogP contribution in [0.4, 0.5) is 5.69 Å². The van der Waals surface area contributed by atoms with Gasteiger partial charge in [0.1, 0.15) is 6.10 Å². The van der Waals surface area contributed by atoms with Crippen molar-refractivity contribution in [2.45, 2.75) is 18.9 Å². The molecule has 2 bridgehead atoms. The normalized spacial score (nSPS) is 31.8. The van der Waals surface area contributed by atoms with Crippen molar-refractivity contribution < 1.29 is 23.9 Å². The molecule has 0 radical (unpaired) electrons. The van der Waals surface area contributed by atoms with Crippen LogP contribution in [0.3, 0.4) is 0 Å². The Morgan fingerprint density at radius 1 is 1.28 bits per heavy atom. The molecule has 25 heavy (non-hydrogen) atoms. The van der Waals surface area contributed by atoms with Crippen LogP contribution in [0.25, 0.3) is 0 Å². The van der Waals surface area contributed by atoms with Gasteiger partial charge in [-0.25, -0.2) is 0 Å². The van der Waals surface area contributed by atoms with Crippen molar-refractivity contribution in [3.05, 3.63) is 28.2 Å². The summed E-state index contributed by atoms with van der Waals surface area (Å²) in [5, 5.41) is 3.08. The topological polar surface area (TPSA) is 81.7 Å². The van der Waals surface area contributed by atoms with E-state index in [1.165, 1.54) is 0 Å². The van der Waals surface area contributed by atoms with Crippen LogP contribution in [-0.4, -0.2) is 30.6 Å². The summed E-state index contributed by atoms with van der Waals surface area (Å²) in [6.45, 7) is -0.444. The van der Waals surface area contributed by atoms with Crippen molar-refractivity contribution in [3.63, 3.8) is 0 Å². The molecule has 1 aromatic rings. The van der Waals surface area contributed by atoms with Crippen LogP contribution in [0, 0.1) is 23.7 Å². The number of fused-ring (bicyclic) bond motifs is 1. The Hall–Kier alpha value is -1.79. The van der Waals surface area contributed by atoms with Gasteiger partial charge in [0.2, 0.25) is 0 Å². The van der Waals surface area contributed by atoms with Gasteiger partial charge in [-0.2, -0.15) is 0 Å². The van der Waals surface area contributed by atoms with E-state index in [0.29, 0.717) is 17.1 Å². The summed E-state index contributed by atoms with van der Waals surface area (Å²) in [4.78, 5) is 36.3. The first-order valence-corrected chi connectivity index (χ1v) is 8.82. The fraction of sp³-hybridized carbons (Fsp3) is 0.471. The first kappa shape index (κ1) is 16.7. The third-order valence-electron chi connectivity index (χ3n) is 5.33. The van der Waals surface area contributed by atoms with Gasteiger partial charge in [0.15, 0.2) is 6.61 Å². The predicted octanol–water partition coefficient (Wildman–Crippen LogP) is 2.67. The molecule has 1 heterocycles. The lowest BCUT2D eigenvalue weighted by atomic mass is 9.80. The highest BCUT2D eigenvalue weighted by molar-refractivity contribution is 6.44. The van der Waals surface area contributed by atoms with Gasteiger partial charge in [-0.05, 0) is 30.9 Å². The van der Waals surface area contributed by atoms with E-state index >= 15 is 0 Å². The maximum absolute atomic E-state index is 12.4. The largest absolute Gasteiger partial charge is 0.462 e. The molecule has 8 heteroatoms. The number of carbonyl (C=O) groups excluding carboxylic acids is 3. The van der Waals surface area contributed by atoms with E-state index in [-0.39, 0.29) is 28.9 Å². The highest BCUT2D eigenvalue weighted by atomic mass is 35.5. The smallest absolute Gasteiger partial charge is 0.310 e. The highest BCUT2D eigenvalue weighted by Crippen LogP contribution is 2.57. The predicted molar refractivity (Wildman–Crippen MR) is 89.1 cm³/mol. The van der Waals surface area contributed by atoms with Gasteiger partial charge in [0, 0.05) is 5.92 Å². The zero-order valence-electron chi connectivity index (χ0n) is 13.0.